The van der Waals surface area contributed by atoms with Crippen LogP contribution in [0.5, 0.6) is 0 Å². The van der Waals surface area contributed by atoms with Crippen molar-refractivity contribution >= 4 is 17.6 Å². The number of nitrogens with one attached hydrogen (secondary N) is 3. The maximum Gasteiger partial charge on any atom is 0.319 e. The molecule has 166 valence electrons. The Bertz CT molecular complexity index is 669. The minimum absolute atomic E-state index is 0.00328. The van der Waals surface area contributed by atoms with Crippen LogP contribution in [-0.2, 0) is 14.3 Å². The zero-order valence-electron chi connectivity index (χ0n) is 17.2. The summed E-state index contributed by atoms with van der Waals surface area (Å²) in [7, 11) is 0. The molecule has 0 aliphatic carbocycles. The van der Waals surface area contributed by atoms with Crippen molar-refractivity contribution in [3.8, 4) is 0 Å². The van der Waals surface area contributed by atoms with Gasteiger partial charge in [0, 0.05) is 25.3 Å². The number of aliphatic hydroxyl groups is 1. The molecule has 0 bridgehead atoms. The number of urea groups is 1. The lowest BCUT2D eigenvalue weighted by molar-refractivity contribution is -0.123. The van der Waals surface area contributed by atoms with Crippen LogP contribution in [0.4, 0.5) is 10.5 Å². The fourth-order valence-electron chi connectivity index (χ4n) is 3.76. The number of anilines is 1. The second-order valence-electron chi connectivity index (χ2n) is 7.65. The zero-order valence-corrected chi connectivity index (χ0v) is 17.2. The number of amides is 3. The number of hydrogen-bond donors (Lipinski definition) is 4. The molecule has 3 rings (SSSR count). The summed E-state index contributed by atoms with van der Waals surface area (Å²) in [6, 6.07) is 8.62. The van der Waals surface area contributed by atoms with Gasteiger partial charge in [0.25, 0.3) is 0 Å². The van der Waals surface area contributed by atoms with Crippen LogP contribution in [0, 0.1) is 0 Å². The maximum absolute atomic E-state index is 12.2. The Morgan fingerprint density at radius 1 is 1.13 bits per heavy atom. The van der Waals surface area contributed by atoms with Crippen molar-refractivity contribution in [2.45, 2.75) is 37.5 Å². The normalized spacial score (nSPS) is 24.8. The van der Waals surface area contributed by atoms with Crippen molar-refractivity contribution in [1.29, 1.82) is 0 Å². The number of carbonyl (C=O) groups is 2. The standard InChI is InChI=1S/C21H32N4O5/c26-15-19-18(24-21(28)23-16-4-2-1-3-5-16)7-6-17(30-19)8-9-22-20(27)14-25-10-12-29-13-11-25/h1-5,17-19,26H,6-15H2,(H,22,27)(H2,23,24,28)/t17-,18+,19+/m1/s1. The Labute approximate surface area is 177 Å². The van der Waals surface area contributed by atoms with Gasteiger partial charge < -0.3 is 30.5 Å². The molecule has 1 aromatic carbocycles. The molecule has 0 aromatic heterocycles. The van der Waals surface area contributed by atoms with Gasteiger partial charge in [-0.05, 0) is 31.4 Å². The number of carbonyl (C=O) groups excluding carboxylic acids is 2. The Kier molecular flexibility index (Phi) is 8.88. The van der Waals surface area contributed by atoms with Crippen LogP contribution in [0.25, 0.3) is 0 Å². The van der Waals surface area contributed by atoms with Crippen LogP contribution in [0.15, 0.2) is 30.3 Å². The van der Waals surface area contributed by atoms with Crippen molar-refractivity contribution < 1.29 is 24.2 Å². The van der Waals surface area contributed by atoms with Crippen LogP contribution in [0.1, 0.15) is 19.3 Å². The number of ether oxygens (including phenoxy) is 2. The van der Waals surface area contributed by atoms with Crippen LogP contribution < -0.4 is 16.0 Å². The van der Waals surface area contributed by atoms with E-state index >= 15 is 0 Å². The number of para-hydroxylation sites is 1. The molecule has 30 heavy (non-hydrogen) atoms. The average Bonchev–Trinajstić information content (AvgIpc) is 2.76. The lowest BCUT2D eigenvalue weighted by atomic mass is 9.97. The summed E-state index contributed by atoms with van der Waals surface area (Å²) in [5, 5.41) is 18.3. The number of morpholine rings is 1. The molecular weight excluding hydrogens is 388 g/mol. The van der Waals surface area contributed by atoms with Crippen LogP contribution in [-0.4, -0.2) is 86.2 Å². The first-order chi connectivity index (χ1) is 14.6. The van der Waals surface area contributed by atoms with Gasteiger partial charge in [0.1, 0.15) is 6.10 Å². The van der Waals surface area contributed by atoms with Crippen molar-refractivity contribution in [3.63, 3.8) is 0 Å². The predicted molar refractivity (Wildman–Crippen MR) is 112 cm³/mol. The first-order valence-electron chi connectivity index (χ1n) is 10.6. The smallest absolute Gasteiger partial charge is 0.319 e. The van der Waals surface area contributed by atoms with E-state index in [2.05, 4.69) is 20.9 Å². The molecule has 0 spiro atoms. The van der Waals surface area contributed by atoms with Gasteiger partial charge in [-0.1, -0.05) is 18.2 Å². The third kappa shape index (κ3) is 7.24. The Hall–Kier alpha value is -2.20. The second kappa shape index (κ2) is 11.8. The van der Waals surface area contributed by atoms with Crippen LogP contribution in [0.2, 0.25) is 0 Å². The third-order valence-corrected chi connectivity index (χ3v) is 5.40. The highest BCUT2D eigenvalue weighted by molar-refractivity contribution is 5.89. The van der Waals surface area contributed by atoms with Gasteiger partial charge >= 0.3 is 6.03 Å². The molecule has 2 fully saturated rings. The summed E-state index contributed by atoms with van der Waals surface area (Å²) in [5.41, 5.74) is 0.706. The van der Waals surface area contributed by atoms with E-state index in [1.165, 1.54) is 0 Å². The van der Waals surface area contributed by atoms with Gasteiger partial charge in [0.05, 0.1) is 38.5 Å². The monoisotopic (exact) mass is 420 g/mol. The molecule has 0 saturated carbocycles. The van der Waals surface area contributed by atoms with Crippen molar-refractivity contribution in [2.75, 3.05) is 51.3 Å². The van der Waals surface area contributed by atoms with Gasteiger partial charge in [-0.2, -0.15) is 0 Å². The second-order valence-corrected chi connectivity index (χ2v) is 7.65. The van der Waals surface area contributed by atoms with E-state index in [0.29, 0.717) is 44.8 Å². The number of aliphatic hydroxyl groups excluding tert-OH is 1. The lowest BCUT2D eigenvalue weighted by Gasteiger charge is -2.36. The summed E-state index contributed by atoms with van der Waals surface area (Å²) in [6.07, 6.45) is 1.62. The zero-order chi connectivity index (χ0) is 21.2. The maximum atomic E-state index is 12.2. The number of benzene rings is 1. The van der Waals surface area contributed by atoms with Gasteiger partial charge in [0.15, 0.2) is 0 Å². The summed E-state index contributed by atoms with van der Waals surface area (Å²) in [5.74, 6) is 0.00328. The van der Waals surface area contributed by atoms with Gasteiger partial charge in [-0.15, -0.1) is 0 Å². The Morgan fingerprint density at radius 3 is 2.63 bits per heavy atom. The van der Waals surface area contributed by atoms with E-state index in [-0.39, 0.29) is 30.7 Å². The molecule has 0 unspecified atom stereocenters. The first-order valence-corrected chi connectivity index (χ1v) is 10.6. The number of rotatable bonds is 8. The van der Waals surface area contributed by atoms with Crippen molar-refractivity contribution in [1.82, 2.24) is 15.5 Å². The first kappa shape index (κ1) is 22.5. The van der Waals surface area contributed by atoms with Crippen molar-refractivity contribution in [3.05, 3.63) is 30.3 Å². The summed E-state index contributed by atoms with van der Waals surface area (Å²) in [6.45, 7) is 3.65. The van der Waals surface area contributed by atoms with Gasteiger partial charge in [-0.3, -0.25) is 9.69 Å². The van der Waals surface area contributed by atoms with Crippen LogP contribution in [0.3, 0.4) is 0 Å². The predicted octanol–water partition coefficient (Wildman–Crippen LogP) is 0.555. The lowest BCUT2D eigenvalue weighted by Crippen LogP contribution is -2.52. The molecular formula is C21H32N4O5. The Balaban J connectivity index is 1.35. The molecule has 3 amide bonds. The van der Waals surface area contributed by atoms with Crippen LogP contribution >= 0.6 is 0 Å². The molecule has 9 heteroatoms. The molecule has 2 aliphatic heterocycles. The average molecular weight is 421 g/mol. The topological polar surface area (TPSA) is 112 Å². The molecule has 1 aromatic rings. The van der Waals surface area contributed by atoms with E-state index < -0.39 is 6.10 Å². The van der Waals surface area contributed by atoms with Gasteiger partial charge in [-0.25, -0.2) is 4.79 Å². The highest BCUT2D eigenvalue weighted by atomic mass is 16.5. The molecule has 2 saturated heterocycles. The van der Waals surface area contributed by atoms with E-state index in [9.17, 15) is 14.7 Å². The highest BCUT2D eigenvalue weighted by Gasteiger charge is 2.31. The highest BCUT2D eigenvalue weighted by Crippen LogP contribution is 2.22. The van der Waals surface area contributed by atoms with E-state index in [1.807, 2.05) is 30.3 Å². The van der Waals surface area contributed by atoms with Gasteiger partial charge in [0.2, 0.25) is 5.91 Å². The Morgan fingerprint density at radius 2 is 1.90 bits per heavy atom. The molecule has 4 N–H and O–H groups in total. The molecule has 9 nitrogen and oxygen atoms in total. The largest absolute Gasteiger partial charge is 0.394 e. The SMILES string of the molecule is O=C(CN1CCOCC1)NCC[C@H]1CC[C@H](NC(=O)Nc2ccccc2)[C@H](CO)O1. The summed E-state index contributed by atoms with van der Waals surface area (Å²) < 4.78 is 11.2. The van der Waals surface area contributed by atoms with E-state index in [4.69, 9.17) is 9.47 Å². The molecule has 3 atom stereocenters. The number of nitrogens with zero attached hydrogens (tertiary/aromatic N) is 1. The summed E-state index contributed by atoms with van der Waals surface area (Å²) >= 11 is 0. The quantitative estimate of drug-likeness (QED) is 0.489. The van der Waals surface area contributed by atoms with E-state index in [1.54, 1.807) is 0 Å². The third-order valence-electron chi connectivity index (χ3n) is 5.40. The molecule has 0 radical (unpaired) electrons. The fraction of sp³-hybridized carbons (Fsp3) is 0.619. The van der Waals surface area contributed by atoms with E-state index in [0.717, 1.165) is 19.5 Å². The molecule has 2 aliphatic rings. The summed E-state index contributed by atoms with van der Waals surface area (Å²) in [4.78, 5) is 26.4. The minimum Gasteiger partial charge on any atom is -0.394 e. The minimum atomic E-state index is -0.464. The number of hydrogen-bond acceptors (Lipinski definition) is 6. The van der Waals surface area contributed by atoms with Crippen molar-refractivity contribution in [2.24, 2.45) is 0 Å². The fourth-order valence-corrected chi connectivity index (χ4v) is 3.76. The molecule has 2 heterocycles.